The largest absolute Gasteiger partial charge is 0.347 e. The summed E-state index contributed by atoms with van der Waals surface area (Å²) in [4.78, 5) is 27.0. The van der Waals surface area contributed by atoms with Gasteiger partial charge in [-0.1, -0.05) is 30.1 Å². The van der Waals surface area contributed by atoms with Gasteiger partial charge in [0, 0.05) is 61.0 Å². The van der Waals surface area contributed by atoms with Gasteiger partial charge < -0.3 is 9.47 Å². The van der Waals surface area contributed by atoms with Crippen LogP contribution in [0.1, 0.15) is 65.3 Å². The molecule has 0 atom stereocenters. The van der Waals surface area contributed by atoms with Crippen LogP contribution in [0.2, 0.25) is 10.0 Å². The third-order valence-electron chi connectivity index (χ3n) is 7.18. The first-order valence-electron chi connectivity index (χ1n) is 12.0. The second-order valence-corrected chi connectivity index (χ2v) is 10.2. The van der Waals surface area contributed by atoms with Crippen molar-refractivity contribution in [2.75, 3.05) is 13.1 Å². The highest BCUT2D eigenvalue weighted by atomic mass is 35.5. The number of nitrogens with zero attached hydrogens (tertiary/aromatic N) is 3. The number of piperidine rings is 1. The number of carbonyl (C=O) groups excluding carboxylic acids is 2. The van der Waals surface area contributed by atoms with Crippen molar-refractivity contribution in [3.63, 3.8) is 0 Å². The SMILES string of the molecule is CCC(=O)CC1CCN(C(=O)c2ccc(Cl)c(Cc3cc4c(C)cc(C#N)cc4n3C)c2Cl)CC1. The summed E-state index contributed by atoms with van der Waals surface area (Å²) in [6, 6.07) is 11.5. The topological polar surface area (TPSA) is 66.1 Å². The molecule has 35 heavy (non-hydrogen) atoms. The van der Waals surface area contributed by atoms with Gasteiger partial charge in [-0.05, 0) is 67.1 Å². The van der Waals surface area contributed by atoms with Gasteiger partial charge in [0.05, 0.1) is 22.2 Å². The molecule has 0 saturated carbocycles. The van der Waals surface area contributed by atoms with Crippen molar-refractivity contribution in [3.05, 3.63) is 68.3 Å². The predicted octanol–water partition coefficient (Wildman–Crippen LogP) is 6.48. The van der Waals surface area contributed by atoms with Gasteiger partial charge >= 0.3 is 0 Å². The van der Waals surface area contributed by atoms with E-state index in [4.69, 9.17) is 23.2 Å². The first-order valence-corrected chi connectivity index (χ1v) is 12.8. The second kappa shape index (κ2) is 10.4. The lowest BCUT2D eigenvalue weighted by molar-refractivity contribution is -0.119. The van der Waals surface area contributed by atoms with Crippen molar-refractivity contribution in [2.45, 2.75) is 46.0 Å². The molecule has 4 rings (SSSR count). The van der Waals surface area contributed by atoms with Crippen LogP contribution in [0.15, 0.2) is 30.3 Å². The Balaban J connectivity index is 1.58. The van der Waals surface area contributed by atoms with Crippen LogP contribution in [0.25, 0.3) is 10.9 Å². The summed E-state index contributed by atoms with van der Waals surface area (Å²) in [6.45, 7) is 5.13. The Morgan fingerprint density at radius 3 is 2.51 bits per heavy atom. The van der Waals surface area contributed by atoms with E-state index in [1.807, 2.05) is 42.5 Å². The van der Waals surface area contributed by atoms with Crippen LogP contribution in [0.5, 0.6) is 0 Å². The van der Waals surface area contributed by atoms with Gasteiger partial charge in [0.1, 0.15) is 5.78 Å². The van der Waals surface area contributed by atoms with E-state index >= 15 is 0 Å². The number of amides is 1. The van der Waals surface area contributed by atoms with Crippen LogP contribution in [-0.4, -0.2) is 34.2 Å². The van der Waals surface area contributed by atoms with Crippen LogP contribution in [0.4, 0.5) is 0 Å². The van der Waals surface area contributed by atoms with E-state index in [1.165, 1.54) is 0 Å². The van der Waals surface area contributed by atoms with Crippen LogP contribution in [-0.2, 0) is 18.3 Å². The molecule has 7 heteroatoms. The molecule has 2 heterocycles. The van der Waals surface area contributed by atoms with Gasteiger partial charge in [-0.3, -0.25) is 9.59 Å². The van der Waals surface area contributed by atoms with Gasteiger partial charge in [0.25, 0.3) is 5.91 Å². The number of benzene rings is 2. The molecule has 1 saturated heterocycles. The fourth-order valence-electron chi connectivity index (χ4n) is 4.98. The van der Waals surface area contributed by atoms with E-state index in [0.717, 1.165) is 35.0 Å². The minimum Gasteiger partial charge on any atom is -0.347 e. The smallest absolute Gasteiger partial charge is 0.255 e. The number of halogens is 2. The molecule has 0 radical (unpaired) electrons. The number of Topliss-reactive ketones (excluding diaryl/α,β-unsaturated/α-hetero) is 1. The molecular weight excluding hydrogens is 481 g/mol. The van der Waals surface area contributed by atoms with Crippen molar-refractivity contribution < 1.29 is 9.59 Å². The number of nitriles is 1. The lowest BCUT2D eigenvalue weighted by atomic mass is 9.91. The zero-order chi connectivity index (χ0) is 25.3. The Bertz CT molecular complexity index is 1340. The van der Waals surface area contributed by atoms with Gasteiger partial charge in [-0.25, -0.2) is 0 Å². The molecule has 2 aromatic carbocycles. The predicted molar refractivity (Wildman–Crippen MR) is 140 cm³/mol. The zero-order valence-electron chi connectivity index (χ0n) is 20.3. The quantitative estimate of drug-likeness (QED) is 0.381. The highest BCUT2D eigenvalue weighted by Crippen LogP contribution is 2.34. The third-order valence-corrected chi connectivity index (χ3v) is 7.97. The van der Waals surface area contributed by atoms with Crippen LogP contribution < -0.4 is 0 Å². The molecule has 0 spiro atoms. The molecule has 0 N–H and O–H groups in total. The van der Waals surface area contributed by atoms with Crippen LogP contribution >= 0.6 is 23.2 Å². The molecular formula is C28H29Cl2N3O2. The van der Waals surface area contributed by atoms with Crippen molar-refractivity contribution in [1.29, 1.82) is 5.26 Å². The highest BCUT2D eigenvalue weighted by Gasteiger charge is 2.27. The molecule has 182 valence electrons. The van der Waals surface area contributed by atoms with Crippen molar-refractivity contribution in [1.82, 2.24) is 9.47 Å². The van der Waals surface area contributed by atoms with E-state index in [9.17, 15) is 14.9 Å². The second-order valence-electron chi connectivity index (χ2n) is 9.43. The minimum atomic E-state index is -0.0975. The first kappa shape index (κ1) is 25.3. The standard InChI is InChI=1S/C28H29Cl2N3O2/c1-4-21(34)12-18-7-9-33(10-8-18)28(35)22-5-6-25(29)24(27(22)30)15-20-14-23-17(2)11-19(16-31)13-26(23)32(20)3/h5-6,11,13-14,18H,4,7-10,12,15H2,1-3H3. The molecule has 1 amide bonds. The molecule has 3 aromatic rings. The number of aryl methyl sites for hydroxylation is 2. The van der Waals surface area contributed by atoms with Gasteiger partial charge in [0.2, 0.25) is 0 Å². The fraction of sp³-hybridized carbons (Fsp3) is 0.393. The Morgan fingerprint density at radius 2 is 1.86 bits per heavy atom. The zero-order valence-corrected chi connectivity index (χ0v) is 21.8. The summed E-state index contributed by atoms with van der Waals surface area (Å²) in [5.41, 5.74) is 4.79. The number of rotatable bonds is 6. The molecule has 0 unspecified atom stereocenters. The summed E-state index contributed by atoms with van der Waals surface area (Å²) >= 11 is 13.4. The summed E-state index contributed by atoms with van der Waals surface area (Å²) in [7, 11) is 1.96. The normalized spacial score (nSPS) is 14.3. The number of hydrogen-bond acceptors (Lipinski definition) is 3. The third kappa shape index (κ3) is 5.10. The lowest BCUT2D eigenvalue weighted by Crippen LogP contribution is -2.39. The van der Waals surface area contributed by atoms with E-state index in [1.54, 1.807) is 12.1 Å². The summed E-state index contributed by atoms with van der Waals surface area (Å²) < 4.78 is 2.05. The Labute approximate surface area is 216 Å². The molecule has 5 nitrogen and oxygen atoms in total. The van der Waals surface area contributed by atoms with E-state index < -0.39 is 0 Å². The van der Waals surface area contributed by atoms with Crippen LogP contribution in [0.3, 0.4) is 0 Å². The van der Waals surface area contributed by atoms with Gasteiger partial charge in [-0.2, -0.15) is 5.26 Å². The minimum absolute atomic E-state index is 0.0975. The molecule has 1 aliphatic rings. The number of aromatic nitrogens is 1. The molecule has 0 bridgehead atoms. The average molecular weight is 510 g/mol. The van der Waals surface area contributed by atoms with E-state index in [2.05, 4.69) is 12.1 Å². The summed E-state index contributed by atoms with van der Waals surface area (Å²) in [6.07, 6.45) is 3.29. The maximum absolute atomic E-state index is 13.3. The number of hydrogen-bond donors (Lipinski definition) is 0. The van der Waals surface area contributed by atoms with E-state index in [-0.39, 0.29) is 11.7 Å². The maximum Gasteiger partial charge on any atom is 0.255 e. The summed E-state index contributed by atoms with van der Waals surface area (Å²) in [5, 5.41) is 11.3. The van der Waals surface area contributed by atoms with Gasteiger partial charge in [0.15, 0.2) is 0 Å². The van der Waals surface area contributed by atoms with Crippen molar-refractivity contribution >= 4 is 45.8 Å². The molecule has 1 aromatic heterocycles. The van der Waals surface area contributed by atoms with Crippen molar-refractivity contribution in [2.24, 2.45) is 13.0 Å². The van der Waals surface area contributed by atoms with Crippen LogP contribution in [0, 0.1) is 24.2 Å². The van der Waals surface area contributed by atoms with Gasteiger partial charge in [-0.15, -0.1) is 0 Å². The Morgan fingerprint density at radius 1 is 1.14 bits per heavy atom. The lowest BCUT2D eigenvalue weighted by Gasteiger charge is -2.32. The average Bonchev–Trinajstić information content (AvgIpc) is 3.17. The number of carbonyl (C=O) groups is 2. The van der Waals surface area contributed by atoms with E-state index in [0.29, 0.717) is 65.0 Å². The monoisotopic (exact) mass is 509 g/mol. The fourth-order valence-corrected chi connectivity index (χ4v) is 5.57. The Hall–Kier alpha value is -2.81. The molecule has 0 aliphatic carbocycles. The number of fused-ring (bicyclic) bond motifs is 1. The first-order chi connectivity index (χ1) is 16.7. The highest BCUT2D eigenvalue weighted by molar-refractivity contribution is 6.38. The maximum atomic E-state index is 13.3. The number of ketones is 1. The Kier molecular flexibility index (Phi) is 7.54. The van der Waals surface area contributed by atoms with Crippen molar-refractivity contribution in [3.8, 4) is 6.07 Å². The molecule has 1 fully saturated rings. The number of likely N-dealkylation sites (tertiary alicyclic amines) is 1. The molecule has 1 aliphatic heterocycles. The summed E-state index contributed by atoms with van der Waals surface area (Å²) in [5.74, 6) is 0.534.